The molecule has 0 saturated heterocycles. The minimum atomic E-state index is -0.154. The summed E-state index contributed by atoms with van der Waals surface area (Å²) in [7, 11) is 0. The van der Waals surface area contributed by atoms with Crippen LogP contribution in [0.15, 0.2) is 52.7 Å². The number of aromatic nitrogens is 1. The third-order valence-electron chi connectivity index (χ3n) is 2.31. The number of nitrogens with two attached hydrogens (primary N) is 3. The van der Waals surface area contributed by atoms with Crippen LogP contribution in [0, 0.1) is 0 Å². The van der Waals surface area contributed by atoms with Crippen molar-refractivity contribution in [1.82, 2.24) is 4.57 Å². The zero-order valence-corrected chi connectivity index (χ0v) is 10.7. The van der Waals surface area contributed by atoms with E-state index in [9.17, 15) is 0 Å². The highest BCUT2D eigenvalue weighted by atomic mass is 35.5. The van der Waals surface area contributed by atoms with Gasteiger partial charge in [-0.05, 0) is 30.3 Å². The maximum Gasteiger partial charge on any atom is 0.223 e. The average Bonchev–Trinajstić information content (AvgIpc) is 2.84. The van der Waals surface area contributed by atoms with Crippen LogP contribution in [0.5, 0.6) is 0 Å². The predicted octanol–water partition coefficient (Wildman–Crippen LogP) is 1.35. The Morgan fingerprint density at radius 2 is 1.79 bits per heavy atom. The van der Waals surface area contributed by atoms with Crippen LogP contribution in [0.1, 0.15) is 0 Å². The molecule has 2 rings (SSSR count). The fraction of sp³-hybridized carbons (Fsp3) is 0. The summed E-state index contributed by atoms with van der Waals surface area (Å²) in [5.74, 6) is -0.203. The second kappa shape index (κ2) is 5.45. The first-order chi connectivity index (χ1) is 9.06. The number of aliphatic imine (C=N–C) groups is 2. The Morgan fingerprint density at radius 3 is 2.42 bits per heavy atom. The zero-order chi connectivity index (χ0) is 13.8. The van der Waals surface area contributed by atoms with E-state index >= 15 is 0 Å². The first kappa shape index (κ1) is 13.0. The fourth-order valence-electron chi connectivity index (χ4n) is 1.53. The van der Waals surface area contributed by atoms with Crippen LogP contribution in [-0.4, -0.2) is 16.5 Å². The van der Waals surface area contributed by atoms with E-state index in [-0.39, 0.29) is 11.9 Å². The second-order valence-corrected chi connectivity index (χ2v) is 4.14. The van der Waals surface area contributed by atoms with Gasteiger partial charge in [-0.15, -0.1) is 0 Å². The lowest BCUT2D eigenvalue weighted by Gasteiger charge is -2.05. The molecule has 0 aliphatic heterocycles. The Labute approximate surface area is 115 Å². The van der Waals surface area contributed by atoms with Crippen molar-refractivity contribution in [2.75, 3.05) is 0 Å². The van der Waals surface area contributed by atoms with Crippen LogP contribution in [0.4, 0.5) is 5.69 Å². The lowest BCUT2D eigenvalue weighted by molar-refractivity contribution is 1.08. The van der Waals surface area contributed by atoms with Crippen molar-refractivity contribution in [3.63, 3.8) is 0 Å². The van der Waals surface area contributed by atoms with Gasteiger partial charge in [0, 0.05) is 18.1 Å². The third-order valence-corrected chi connectivity index (χ3v) is 2.63. The lowest BCUT2D eigenvalue weighted by atomic mass is 10.3. The van der Waals surface area contributed by atoms with E-state index in [4.69, 9.17) is 28.8 Å². The Balaban J connectivity index is 2.41. The molecule has 0 atom stereocenters. The molecule has 0 radical (unpaired) electrons. The number of hydrogen-bond donors (Lipinski definition) is 3. The van der Waals surface area contributed by atoms with Crippen molar-refractivity contribution in [2.24, 2.45) is 27.2 Å². The molecular formula is C12H13ClN6. The number of guanidine groups is 2. The van der Waals surface area contributed by atoms with Crippen molar-refractivity contribution in [3.05, 3.63) is 47.7 Å². The van der Waals surface area contributed by atoms with E-state index in [0.29, 0.717) is 10.7 Å². The minimum absolute atomic E-state index is 0.0495. The molecule has 0 spiro atoms. The van der Waals surface area contributed by atoms with E-state index in [1.54, 1.807) is 12.1 Å². The summed E-state index contributed by atoms with van der Waals surface area (Å²) in [6, 6.07) is 9.24. The smallest absolute Gasteiger partial charge is 0.223 e. The molecule has 6 N–H and O–H groups in total. The Morgan fingerprint density at radius 1 is 1.11 bits per heavy atom. The summed E-state index contributed by atoms with van der Waals surface area (Å²) < 4.78 is 1.92. The number of benzene rings is 1. The summed E-state index contributed by atoms with van der Waals surface area (Å²) in [5, 5.41) is 0.463. The molecule has 0 bridgehead atoms. The number of halogens is 1. The van der Waals surface area contributed by atoms with E-state index < -0.39 is 0 Å². The van der Waals surface area contributed by atoms with E-state index in [1.807, 2.05) is 35.2 Å². The molecule has 0 fully saturated rings. The average molecular weight is 277 g/mol. The van der Waals surface area contributed by atoms with Crippen LogP contribution in [0.2, 0.25) is 5.02 Å². The minimum Gasteiger partial charge on any atom is -0.370 e. The van der Waals surface area contributed by atoms with Gasteiger partial charge in [0.25, 0.3) is 0 Å². The number of hydrogen-bond acceptors (Lipinski definition) is 1. The highest BCUT2D eigenvalue weighted by Crippen LogP contribution is 2.27. The van der Waals surface area contributed by atoms with Crippen LogP contribution < -0.4 is 17.2 Å². The normalized spacial score (nSPS) is 11.3. The highest BCUT2D eigenvalue weighted by Gasteiger charge is 2.03. The van der Waals surface area contributed by atoms with Gasteiger partial charge in [0.1, 0.15) is 0 Å². The highest BCUT2D eigenvalue weighted by molar-refractivity contribution is 6.33. The topological polar surface area (TPSA) is 108 Å². The molecule has 1 heterocycles. The molecule has 6 nitrogen and oxygen atoms in total. The molecule has 2 aromatic rings. The quantitative estimate of drug-likeness (QED) is 0.569. The van der Waals surface area contributed by atoms with Gasteiger partial charge in [0.15, 0.2) is 5.96 Å². The molecule has 0 aliphatic carbocycles. The second-order valence-electron chi connectivity index (χ2n) is 3.73. The molecule has 0 saturated carbocycles. The van der Waals surface area contributed by atoms with Crippen molar-refractivity contribution in [3.8, 4) is 5.69 Å². The van der Waals surface area contributed by atoms with Gasteiger partial charge in [-0.1, -0.05) is 11.6 Å². The molecule has 1 aromatic heterocycles. The monoisotopic (exact) mass is 276 g/mol. The summed E-state index contributed by atoms with van der Waals surface area (Å²) in [4.78, 5) is 7.71. The Hall–Kier alpha value is -2.47. The van der Waals surface area contributed by atoms with Gasteiger partial charge in [-0.25, -0.2) is 4.99 Å². The van der Waals surface area contributed by atoms with Gasteiger partial charge in [0.2, 0.25) is 5.96 Å². The molecule has 0 unspecified atom stereocenters. The summed E-state index contributed by atoms with van der Waals surface area (Å²) in [6.07, 6.45) is 3.83. The Kier molecular flexibility index (Phi) is 3.72. The lowest BCUT2D eigenvalue weighted by Crippen LogP contribution is -2.26. The molecule has 7 heteroatoms. The molecule has 1 aromatic carbocycles. The van der Waals surface area contributed by atoms with Crippen LogP contribution in [-0.2, 0) is 0 Å². The van der Waals surface area contributed by atoms with Gasteiger partial charge < -0.3 is 21.8 Å². The predicted molar refractivity (Wildman–Crippen MR) is 77.9 cm³/mol. The molecule has 0 aliphatic rings. The molecular weight excluding hydrogens is 264 g/mol. The van der Waals surface area contributed by atoms with Crippen molar-refractivity contribution < 1.29 is 0 Å². The first-order valence-corrected chi connectivity index (χ1v) is 5.81. The van der Waals surface area contributed by atoms with Gasteiger partial charge in [-0.2, -0.15) is 4.99 Å². The standard InChI is InChI=1S/C12H13ClN6/c13-9-4-3-8(19-5-1-2-6-19)7-10(9)17-12(16)18-11(14)15/h1-7H,(H6,14,15,16,17,18). The van der Waals surface area contributed by atoms with Crippen molar-refractivity contribution >= 4 is 29.2 Å². The van der Waals surface area contributed by atoms with Crippen LogP contribution >= 0.6 is 11.6 Å². The van der Waals surface area contributed by atoms with E-state index in [2.05, 4.69) is 9.98 Å². The van der Waals surface area contributed by atoms with Crippen LogP contribution in [0.3, 0.4) is 0 Å². The molecule has 0 amide bonds. The Bertz CT molecular complexity index is 626. The summed E-state index contributed by atoms with van der Waals surface area (Å²) in [5.41, 5.74) is 17.4. The van der Waals surface area contributed by atoms with Gasteiger partial charge in [-0.3, -0.25) is 0 Å². The van der Waals surface area contributed by atoms with Crippen LogP contribution in [0.25, 0.3) is 5.69 Å². The number of nitrogens with zero attached hydrogens (tertiary/aromatic N) is 3. The van der Waals surface area contributed by atoms with E-state index in [0.717, 1.165) is 5.69 Å². The zero-order valence-electron chi connectivity index (χ0n) is 9.99. The first-order valence-electron chi connectivity index (χ1n) is 5.43. The SMILES string of the molecule is NC(N)=NC(N)=Nc1cc(-n2cccc2)ccc1Cl. The van der Waals surface area contributed by atoms with Gasteiger partial charge >= 0.3 is 0 Å². The summed E-state index contributed by atoms with van der Waals surface area (Å²) in [6.45, 7) is 0. The maximum absolute atomic E-state index is 6.06. The van der Waals surface area contributed by atoms with E-state index in [1.165, 1.54) is 0 Å². The molecule has 19 heavy (non-hydrogen) atoms. The van der Waals surface area contributed by atoms with Crippen molar-refractivity contribution in [1.29, 1.82) is 0 Å². The van der Waals surface area contributed by atoms with Gasteiger partial charge in [0.05, 0.1) is 10.7 Å². The maximum atomic E-state index is 6.06. The third kappa shape index (κ3) is 3.26. The molecule has 98 valence electrons. The fourth-order valence-corrected chi connectivity index (χ4v) is 1.69. The largest absolute Gasteiger partial charge is 0.370 e. The summed E-state index contributed by atoms with van der Waals surface area (Å²) >= 11 is 6.06. The number of rotatable bonds is 2. The van der Waals surface area contributed by atoms with Crippen molar-refractivity contribution in [2.45, 2.75) is 0 Å².